The third kappa shape index (κ3) is 67.3. The van der Waals surface area contributed by atoms with Crippen molar-refractivity contribution >= 4 is 39.5 Å². The van der Waals surface area contributed by atoms with Crippen LogP contribution >= 0.6 is 15.6 Å². The van der Waals surface area contributed by atoms with Crippen molar-refractivity contribution in [2.75, 3.05) is 39.6 Å². The number of hydrogen-bond donors (Lipinski definition) is 3. The fourth-order valence-electron chi connectivity index (χ4n) is 11.5. The maximum absolute atomic E-state index is 13.1. The molecule has 3 unspecified atom stereocenters. The molecule has 17 nitrogen and oxygen atoms in total. The van der Waals surface area contributed by atoms with E-state index in [0.717, 1.165) is 95.8 Å². The van der Waals surface area contributed by atoms with Gasteiger partial charge in [-0.3, -0.25) is 37.3 Å². The molecule has 0 amide bonds. The second kappa shape index (κ2) is 68.2. The molecule has 0 saturated heterocycles. The van der Waals surface area contributed by atoms with E-state index in [4.69, 9.17) is 37.0 Å². The standard InChI is InChI=1S/C75H146O17P2/c1-6-10-13-16-19-22-25-27-29-30-31-33-36-39-45-50-55-60-74(79)91-70(64-86-73(78)59-54-49-44-38-35-32-28-26-23-20-17-14-11-7-2)66-89-93(81,82)87-62-69(76)63-88-94(83,84)90-67-71(65-85-72(77)58-53-48-43-37-34-24-21-18-15-12-8-3)92-75(80)61-56-51-46-41-40-42-47-52-57-68(5)9-4/h68-71,76H,6-67H2,1-5H3,(H,81,82)(H,83,84)/t68?,69-,70-,71-/m1/s1. The van der Waals surface area contributed by atoms with Gasteiger partial charge in [0.1, 0.15) is 19.3 Å². The van der Waals surface area contributed by atoms with Gasteiger partial charge in [-0.2, -0.15) is 0 Å². The van der Waals surface area contributed by atoms with Crippen LogP contribution in [0.1, 0.15) is 394 Å². The van der Waals surface area contributed by atoms with Gasteiger partial charge in [0.2, 0.25) is 0 Å². The lowest BCUT2D eigenvalue weighted by atomic mass is 9.99. The van der Waals surface area contributed by atoms with E-state index < -0.39 is 97.5 Å². The van der Waals surface area contributed by atoms with Crippen LogP contribution in [0.3, 0.4) is 0 Å². The van der Waals surface area contributed by atoms with Crippen molar-refractivity contribution in [1.29, 1.82) is 0 Å². The Labute approximate surface area is 575 Å². The molecule has 0 bridgehead atoms. The van der Waals surface area contributed by atoms with Crippen LogP contribution in [-0.4, -0.2) is 96.7 Å². The minimum atomic E-state index is -4.96. The first kappa shape index (κ1) is 92.1. The number of hydrogen-bond acceptors (Lipinski definition) is 15. The number of carbonyl (C=O) groups excluding carboxylic acids is 4. The summed E-state index contributed by atoms with van der Waals surface area (Å²) in [5, 5.41) is 10.6. The summed E-state index contributed by atoms with van der Waals surface area (Å²) in [5.74, 6) is -1.34. The van der Waals surface area contributed by atoms with E-state index >= 15 is 0 Å². The lowest BCUT2D eigenvalue weighted by molar-refractivity contribution is -0.161. The Morgan fingerprint density at radius 1 is 0.298 bits per heavy atom. The van der Waals surface area contributed by atoms with Gasteiger partial charge in [0.15, 0.2) is 12.2 Å². The van der Waals surface area contributed by atoms with Gasteiger partial charge in [0.05, 0.1) is 26.4 Å². The molecule has 0 spiro atoms. The van der Waals surface area contributed by atoms with E-state index in [1.165, 1.54) is 218 Å². The molecule has 0 aromatic carbocycles. The van der Waals surface area contributed by atoms with Gasteiger partial charge >= 0.3 is 39.5 Å². The van der Waals surface area contributed by atoms with Crippen LogP contribution in [0, 0.1) is 5.92 Å². The summed E-state index contributed by atoms with van der Waals surface area (Å²) in [6, 6.07) is 0. The predicted molar refractivity (Wildman–Crippen MR) is 382 cm³/mol. The predicted octanol–water partition coefficient (Wildman–Crippen LogP) is 22.1. The van der Waals surface area contributed by atoms with E-state index in [-0.39, 0.29) is 25.7 Å². The molecule has 3 N–H and O–H groups in total. The van der Waals surface area contributed by atoms with Crippen LogP contribution < -0.4 is 0 Å². The minimum Gasteiger partial charge on any atom is -0.462 e. The van der Waals surface area contributed by atoms with Crippen molar-refractivity contribution in [3.05, 3.63) is 0 Å². The largest absolute Gasteiger partial charge is 0.472 e. The maximum atomic E-state index is 13.1. The zero-order chi connectivity index (χ0) is 69.1. The molecule has 0 aliphatic rings. The van der Waals surface area contributed by atoms with Crippen LogP contribution in [0.15, 0.2) is 0 Å². The van der Waals surface area contributed by atoms with E-state index in [9.17, 15) is 43.2 Å². The molecule has 0 heterocycles. The monoisotopic (exact) mass is 1380 g/mol. The molecule has 0 radical (unpaired) electrons. The zero-order valence-corrected chi connectivity index (χ0v) is 62.9. The summed E-state index contributed by atoms with van der Waals surface area (Å²) in [6.45, 7) is 7.29. The Bertz CT molecular complexity index is 1810. The molecule has 19 heteroatoms. The Morgan fingerprint density at radius 3 is 0.755 bits per heavy atom. The average Bonchev–Trinajstić information content (AvgIpc) is 2.94. The number of rotatable bonds is 75. The number of carbonyl (C=O) groups is 4. The van der Waals surface area contributed by atoms with Crippen molar-refractivity contribution < 1.29 is 80.2 Å². The smallest absolute Gasteiger partial charge is 0.462 e. The lowest BCUT2D eigenvalue weighted by Gasteiger charge is -2.21. The van der Waals surface area contributed by atoms with Crippen molar-refractivity contribution in [3.8, 4) is 0 Å². The third-order valence-corrected chi connectivity index (χ3v) is 19.8. The molecule has 6 atom stereocenters. The van der Waals surface area contributed by atoms with Crippen molar-refractivity contribution in [1.82, 2.24) is 0 Å². The van der Waals surface area contributed by atoms with Gasteiger partial charge in [0, 0.05) is 25.7 Å². The molecule has 558 valence electrons. The first-order valence-corrected chi connectivity index (χ1v) is 42.2. The topological polar surface area (TPSA) is 237 Å². The number of unbranched alkanes of at least 4 members (excludes halogenated alkanes) is 46. The van der Waals surface area contributed by atoms with Crippen LogP contribution in [0.2, 0.25) is 0 Å². The summed E-state index contributed by atoms with van der Waals surface area (Å²) >= 11 is 0. The number of ether oxygens (including phenoxy) is 4. The van der Waals surface area contributed by atoms with E-state index in [1.807, 2.05) is 0 Å². The van der Waals surface area contributed by atoms with Gasteiger partial charge in [-0.1, -0.05) is 343 Å². The van der Waals surface area contributed by atoms with E-state index in [2.05, 4.69) is 34.6 Å². The number of aliphatic hydroxyl groups excluding tert-OH is 1. The highest BCUT2D eigenvalue weighted by Crippen LogP contribution is 2.45. The van der Waals surface area contributed by atoms with Crippen LogP contribution in [-0.2, 0) is 65.4 Å². The average molecular weight is 1380 g/mol. The first-order valence-electron chi connectivity index (χ1n) is 39.2. The number of phosphoric acid groups is 2. The SMILES string of the molecule is CCCCCCCCCCCCCCCCCCCC(=O)O[C@H](COC(=O)CCCCCCCCCCCCCCCC)COP(=O)(O)OC[C@@H](O)COP(=O)(O)OC[C@@H](COC(=O)CCCCCCCCCCCCC)OC(=O)CCCCCCCCCCC(C)CC. The number of phosphoric ester groups is 2. The molecular formula is C75H146O17P2. The highest BCUT2D eigenvalue weighted by atomic mass is 31.2. The van der Waals surface area contributed by atoms with Crippen LogP contribution in [0.4, 0.5) is 0 Å². The van der Waals surface area contributed by atoms with Crippen LogP contribution in [0.25, 0.3) is 0 Å². The van der Waals surface area contributed by atoms with Gasteiger partial charge in [-0.15, -0.1) is 0 Å². The highest BCUT2D eigenvalue weighted by molar-refractivity contribution is 7.47. The number of esters is 4. The Hall–Kier alpha value is -1.94. The fraction of sp³-hybridized carbons (Fsp3) is 0.947. The number of aliphatic hydroxyl groups is 1. The summed E-state index contributed by atoms with van der Waals surface area (Å²) in [5.41, 5.74) is 0. The van der Waals surface area contributed by atoms with Crippen LogP contribution in [0.5, 0.6) is 0 Å². The fourth-order valence-corrected chi connectivity index (χ4v) is 13.1. The molecule has 0 aromatic heterocycles. The lowest BCUT2D eigenvalue weighted by Crippen LogP contribution is -2.30. The quantitative estimate of drug-likeness (QED) is 0.0222. The molecule has 0 fully saturated rings. The second-order valence-electron chi connectivity index (χ2n) is 27.3. The summed E-state index contributed by atoms with van der Waals surface area (Å²) in [4.78, 5) is 72.8. The third-order valence-electron chi connectivity index (χ3n) is 17.9. The van der Waals surface area contributed by atoms with E-state index in [0.29, 0.717) is 25.7 Å². The Morgan fingerprint density at radius 2 is 0.511 bits per heavy atom. The Kier molecular flexibility index (Phi) is 66.8. The van der Waals surface area contributed by atoms with Crippen molar-refractivity contribution in [2.45, 2.75) is 412 Å². The maximum Gasteiger partial charge on any atom is 0.472 e. The Balaban J connectivity index is 5.25. The summed E-state index contributed by atoms with van der Waals surface area (Å²) in [7, 11) is -9.91. The van der Waals surface area contributed by atoms with Gasteiger partial charge in [-0.05, 0) is 31.6 Å². The summed E-state index contributed by atoms with van der Waals surface area (Å²) in [6.07, 6.45) is 56.7. The minimum absolute atomic E-state index is 0.106. The molecule has 0 aliphatic carbocycles. The molecule has 0 saturated carbocycles. The van der Waals surface area contributed by atoms with Gasteiger partial charge in [-0.25, -0.2) is 9.13 Å². The highest BCUT2D eigenvalue weighted by Gasteiger charge is 2.30. The molecule has 0 aromatic rings. The molecule has 0 rings (SSSR count). The van der Waals surface area contributed by atoms with Crippen molar-refractivity contribution in [3.63, 3.8) is 0 Å². The zero-order valence-electron chi connectivity index (χ0n) is 61.1. The van der Waals surface area contributed by atoms with E-state index in [1.54, 1.807) is 0 Å². The normalized spacial score (nSPS) is 14.3. The first-order chi connectivity index (χ1) is 45.6. The van der Waals surface area contributed by atoms with Gasteiger partial charge in [0.25, 0.3) is 0 Å². The molecular weight excluding hydrogens is 1230 g/mol. The second-order valence-corrected chi connectivity index (χ2v) is 30.2. The van der Waals surface area contributed by atoms with Gasteiger partial charge < -0.3 is 33.8 Å². The summed E-state index contributed by atoms with van der Waals surface area (Å²) < 4.78 is 68.5. The molecule has 94 heavy (non-hydrogen) atoms. The molecule has 0 aliphatic heterocycles. The van der Waals surface area contributed by atoms with Crippen molar-refractivity contribution in [2.24, 2.45) is 5.92 Å².